The van der Waals surface area contributed by atoms with Crippen LogP contribution in [0.1, 0.15) is 29.4 Å². The largest absolute Gasteiger partial charge is 0.486 e. The molecule has 2 aliphatic rings. The number of aliphatic hydroxyl groups is 2. The lowest BCUT2D eigenvalue weighted by molar-refractivity contribution is 0.0353. The summed E-state index contributed by atoms with van der Waals surface area (Å²) in [5.41, 5.74) is 0.752. The zero-order valence-electron chi connectivity index (χ0n) is 17.1. The van der Waals surface area contributed by atoms with Gasteiger partial charge in [-0.3, -0.25) is 10.6 Å². The van der Waals surface area contributed by atoms with Crippen molar-refractivity contribution in [2.24, 2.45) is 0 Å². The van der Waals surface area contributed by atoms with E-state index in [-0.39, 0.29) is 6.04 Å². The van der Waals surface area contributed by atoms with E-state index in [2.05, 4.69) is 27.0 Å². The Labute approximate surface area is 181 Å². The minimum absolute atomic E-state index is 0.324. The first kappa shape index (κ1) is 21.5. The minimum Gasteiger partial charge on any atom is -0.486 e. The summed E-state index contributed by atoms with van der Waals surface area (Å²) in [5, 5.41) is 30.0. The van der Waals surface area contributed by atoms with Gasteiger partial charge in [-0.05, 0) is 61.5 Å². The summed E-state index contributed by atoms with van der Waals surface area (Å²) in [6.07, 6.45) is 1.53. The van der Waals surface area contributed by atoms with Gasteiger partial charge in [0.2, 0.25) is 0 Å². The molecule has 2 aliphatic heterocycles. The van der Waals surface area contributed by atoms with Crippen LogP contribution in [0, 0.1) is 0 Å². The van der Waals surface area contributed by atoms with Crippen molar-refractivity contribution >= 4 is 11.3 Å². The van der Waals surface area contributed by atoms with Gasteiger partial charge in [-0.2, -0.15) is 0 Å². The van der Waals surface area contributed by atoms with Crippen LogP contribution >= 0.6 is 11.3 Å². The van der Waals surface area contributed by atoms with Gasteiger partial charge in [-0.25, -0.2) is 0 Å². The molecule has 8 heteroatoms. The SMILES string of the molecule is OC(NCCc1cccs1)NC(CN1CCCC1)C(O)c1ccc2c(c1)OCCO2. The third-order valence-corrected chi connectivity index (χ3v) is 6.54. The lowest BCUT2D eigenvalue weighted by Gasteiger charge is -2.31. The van der Waals surface area contributed by atoms with E-state index in [9.17, 15) is 10.2 Å². The Morgan fingerprint density at radius 1 is 1.07 bits per heavy atom. The van der Waals surface area contributed by atoms with Crippen molar-refractivity contribution < 1.29 is 19.7 Å². The standard InChI is InChI=1S/C22H31N3O4S/c26-21(16-5-6-19-20(14-16)29-12-11-28-19)18(15-25-9-1-2-10-25)24-22(27)23-8-7-17-4-3-13-30-17/h3-6,13-14,18,21-24,26-27H,1-2,7-12,15H2. The third-order valence-electron chi connectivity index (χ3n) is 5.60. The topological polar surface area (TPSA) is 86.2 Å². The molecule has 30 heavy (non-hydrogen) atoms. The fourth-order valence-corrected chi connectivity index (χ4v) is 4.72. The van der Waals surface area contributed by atoms with E-state index >= 15 is 0 Å². The molecule has 3 atom stereocenters. The molecule has 0 amide bonds. The molecule has 0 radical (unpaired) electrons. The Hall–Kier alpha value is -1.68. The number of nitrogens with zero attached hydrogens (tertiary/aromatic N) is 1. The van der Waals surface area contributed by atoms with Gasteiger partial charge in [0, 0.05) is 18.0 Å². The Bertz CT molecular complexity index is 783. The summed E-state index contributed by atoms with van der Waals surface area (Å²) >= 11 is 1.71. The second kappa shape index (κ2) is 10.6. The third kappa shape index (κ3) is 5.72. The predicted molar refractivity (Wildman–Crippen MR) is 117 cm³/mol. The van der Waals surface area contributed by atoms with Gasteiger partial charge < -0.3 is 24.6 Å². The summed E-state index contributed by atoms with van der Waals surface area (Å²) in [5.74, 6) is 1.36. The van der Waals surface area contributed by atoms with Crippen molar-refractivity contribution in [2.45, 2.75) is 37.8 Å². The molecule has 0 spiro atoms. The zero-order valence-corrected chi connectivity index (χ0v) is 17.9. The summed E-state index contributed by atoms with van der Waals surface area (Å²) in [6.45, 7) is 4.42. The van der Waals surface area contributed by atoms with E-state index in [1.54, 1.807) is 11.3 Å². The molecular weight excluding hydrogens is 402 g/mol. The van der Waals surface area contributed by atoms with Gasteiger partial charge in [-0.15, -0.1) is 11.3 Å². The number of nitrogens with one attached hydrogen (secondary N) is 2. The molecule has 4 rings (SSSR count). The van der Waals surface area contributed by atoms with Crippen LogP contribution in [-0.4, -0.2) is 66.9 Å². The number of aliphatic hydroxyl groups excluding tert-OH is 2. The smallest absolute Gasteiger partial charge is 0.161 e. The number of benzene rings is 1. The Balaban J connectivity index is 1.39. The summed E-state index contributed by atoms with van der Waals surface area (Å²) in [4.78, 5) is 3.61. The van der Waals surface area contributed by atoms with Crippen molar-refractivity contribution in [3.05, 3.63) is 46.2 Å². The van der Waals surface area contributed by atoms with Crippen LogP contribution in [-0.2, 0) is 6.42 Å². The molecule has 0 saturated carbocycles. The zero-order chi connectivity index (χ0) is 20.8. The number of likely N-dealkylation sites (tertiary alicyclic amines) is 1. The molecule has 3 heterocycles. The molecule has 2 aromatic rings. The predicted octanol–water partition coefficient (Wildman–Crippen LogP) is 1.71. The fraction of sp³-hybridized carbons (Fsp3) is 0.545. The summed E-state index contributed by atoms with van der Waals surface area (Å²) in [7, 11) is 0. The average molecular weight is 434 g/mol. The quantitative estimate of drug-likeness (QED) is 0.425. The maximum atomic E-state index is 11.1. The highest BCUT2D eigenvalue weighted by molar-refractivity contribution is 7.09. The first-order chi connectivity index (χ1) is 14.7. The first-order valence-corrected chi connectivity index (χ1v) is 11.6. The Morgan fingerprint density at radius 3 is 2.63 bits per heavy atom. The minimum atomic E-state index is -0.899. The van der Waals surface area contributed by atoms with E-state index in [4.69, 9.17) is 9.47 Å². The average Bonchev–Trinajstić information content (AvgIpc) is 3.47. The number of ether oxygens (including phenoxy) is 2. The van der Waals surface area contributed by atoms with Gasteiger partial charge >= 0.3 is 0 Å². The highest BCUT2D eigenvalue weighted by Crippen LogP contribution is 2.33. The van der Waals surface area contributed by atoms with Crippen LogP contribution in [0.15, 0.2) is 35.7 Å². The van der Waals surface area contributed by atoms with Crippen molar-refractivity contribution in [2.75, 3.05) is 39.4 Å². The van der Waals surface area contributed by atoms with E-state index < -0.39 is 12.5 Å². The normalized spacial score (nSPS) is 19.5. The van der Waals surface area contributed by atoms with E-state index in [1.807, 2.05) is 24.3 Å². The molecule has 1 saturated heterocycles. The molecule has 3 unspecified atom stereocenters. The monoisotopic (exact) mass is 433 g/mol. The fourth-order valence-electron chi connectivity index (χ4n) is 4.01. The summed E-state index contributed by atoms with van der Waals surface area (Å²) in [6, 6.07) is 9.35. The number of hydrogen-bond donors (Lipinski definition) is 4. The van der Waals surface area contributed by atoms with Crippen LogP contribution in [0.2, 0.25) is 0 Å². The number of fused-ring (bicyclic) bond motifs is 1. The van der Waals surface area contributed by atoms with Gasteiger partial charge in [0.05, 0.1) is 12.1 Å². The number of hydrogen-bond acceptors (Lipinski definition) is 8. The number of rotatable bonds is 10. The maximum absolute atomic E-state index is 11.1. The molecule has 1 fully saturated rings. The highest BCUT2D eigenvalue weighted by Gasteiger charge is 2.27. The molecular formula is C22H31N3O4S. The molecule has 7 nitrogen and oxygen atoms in total. The molecule has 4 N–H and O–H groups in total. The molecule has 1 aromatic carbocycles. The van der Waals surface area contributed by atoms with Crippen LogP contribution in [0.4, 0.5) is 0 Å². The first-order valence-electron chi connectivity index (χ1n) is 10.7. The summed E-state index contributed by atoms with van der Waals surface area (Å²) < 4.78 is 11.3. The molecule has 164 valence electrons. The van der Waals surface area contributed by atoms with Crippen LogP contribution < -0.4 is 20.1 Å². The lowest BCUT2D eigenvalue weighted by atomic mass is 10.0. The van der Waals surface area contributed by atoms with Crippen molar-refractivity contribution in [3.8, 4) is 11.5 Å². The second-order valence-electron chi connectivity index (χ2n) is 7.81. The van der Waals surface area contributed by atoms with Crippen LogP contribution in [0.3, 0.4) is 0 Å². The van der Waals surface area contributed by atoms with Crippen molar-refractivity contribution in [1.82, 2.24) is 15.5 Å². The van der Waals surface area contributed by atoms with Crippen LogP contribution in [0.5, 0.6) is 11.5 Å². The highest BCUT2D eigenvalue weighted by atomic mass is 32.1. The van der Waals surface area contributed by atoms with E-state index in [0.29, 0.717) is 37.8 Å². The molecule has 0 aliphatic carbocycles. The van der Waals surface area contributed by atoms with Crippen LogP contribution in [0.25, 0.3) is 0 Å². The second-order valence-corrected chi connectivity index (χ2v) is 8.85. The van der Waals surface area contributed by atoms with Gasteiger partial charge in [-0.1, -0.05) is 12.1 Å². The number of thiophene rings is 1. The van der Waals surface area contributed by atoms with Gasteiger partial charge in [0.1, 0.15) is 13.2 Å². The van der Waals surface area contributed by atoms with E-state index in [1.165, 1.54) is 17.7 Å². The van der Waals surface area contributed by atoms with Gasteiger partial charge in [0.25, 0.3) is 0 Å². The Morgan fingerprint density at radius 2 is 1.87 bits per heavy atom. The molecule has 0 bridgehead atoms. The lowest BCUT2D eigenvalue weighted by Crippen LogP contribution is -2.53. The van der Waals surface area contributed by atoms with E-state index in [0.717, 1.165) is 25.1 Å². The Kier molecular flexibility index (Phi) is 7.59. The van der Waals surface area contributed by atoms with Crippen molar-refractivity contribution in [1.29, 1.82) is 0 Å². The molecule has 1 aromatic heterocycles. The van der Waals surface area contributed by atoms with Crippen molar-refractivity contribution in [3.63, 3.8) is 0 Å². The maximum Gasteiger partial charge on any atom is 0.161 e. The van der Waals surface area contributed by atoms with Gasteiger partial charge in [0.15, 0.2) is 17.9 Å².